The van der Waals surface area contributed by atoms with Gasteiger partial charge in [-0.1, -0.05) is 19.8 Å². The standard InChI is InChI=1S/C14H27NO2/c1-13(11-16,12-17)10-15-8-6-14(7-9-15)4-2-3-5-14/h16-17H,2-12H2,1H3. The predicted octanol–water partition coefficient (Wildman–Crippen LogP) is 1.63. The van der Waals surface area contributed by atoms with Gasteiger partial charge in [0, 0.05) is 12.0 Å². The van der Waals surface area contributed by atoms with Crippen LogP contribution in [-0.4, -0.2) is 48.0 Å². The lowest BCUT2D eigenvalue weighted by Gasteiger charge is -2.42. The largest absolute Gasteiger partial charge is 0.396 e. The maximum Gasteiger partial charge on any atom is 0.0519 e. The van der Waals surface area contributed by atoms with E-state index in [9.17, 15) is 10.2 Å². The molecule has 0 aromatic carbocycles. The molecule has 0 amide bonds. The molecule has 1 heterocycles. The number of likely N-dealkylation sites (tertiary alicyclic amines) is 1. The number of aliphatic hydroxyl groups excluding tert-OH is 2. The molecule has 1 saturated heterocycles. The van der Waals surface area contributed by atoms with Crippen LogP contribution in [0.5, 0.6) is 0 Å². The van der Waals surface area contributed by atoms with Gasteiger partial charge in [-0.05, 0) is 44.2 Å². The van der Waals surface area contributed by atoms with Crippen molar-refractivity contribution in [1.29, 1.82) is 0 Å². The average molecular weight is 241 g/mol. The molecular weight excluding hydrogens is 214 g/mol. The molecule has 3 nitrogen and oxygen atoms in total. The van der Waals surface area contributed by atoms with E-state index >= 15 is 0 Å². The van der Waals surface area contributed by atoms with Crippen molar-refractivity contribution in [2.24, 2.45) is 10.8 Å². The zero-order valence-electron chi connectivity index (χ0n) is 11.1. The van der Waals surface area contributed by atoms with E-state index in [1.807, 2.05) is 6.92 Å². The molecule has 0 aromatic rings. The Morgan fingerprint density at radius 1 is 1.00 bits per heavy atom. The Balaban J connectivity index is 1.82. The van der Waals surface area contributed by atoms with Crippen LogP contribution in [0.3, 0.4) is 0 Å². The minimum Gasteiger partial charge on any atom is -0.396 e. The molecule has 100 valence electrons. The second-order valence-corrected chi connectivity index (χ2v) is 6.61. The van der Waals surface area contributed by atoms with E-state index in [2.05, 4.69) is 4.90 Å². The molecule has 1 saturated carbocycles. The van der Waals surface area contributed by atoms with Crippen molar-refractivity contribution in [1.82, 2.24) is 4.90 Å². The van der Waals surface area contributed by atoms with Crippen LogP contribution < -0.4 is 0 Å². The highest BCUT2D eigenvalue weighted by molar-refractivity contribution is 4.91. The average Bonchev–Trinajstić information content (AvgIpc) is 2.81. The number of piperidine rings is 1. The first-order valence-electron chi connectivity index (χ1n) is 7.06. The molecule has 2 N–H and O–H groups in total. The van der Waals surface area contributed by atoms with E-state index in [1.54, 1.807) is 0 Å². The van der Waals surface area contributed by atoms with E-state index in [1.165, 1.54) is 38.5 Å². The smallest absolute Gasteiger partial charge is 0.0519 e. The summed E-state index contributed by atoms with van der Waals surface area (Å²) < 4.78 is 0. The van der Waals surface area contributed by atoms with Gasteiger partial charge in [-0.25, -0.2) is 0 Å². The minimum atomic E-state index is -0.333. The molecule has 0 aromatic heterocycles. The molecule has 2 fully saturated rings. The summed E-state index contributed by atoms with van der Waals surface area (Å²) in [6.45, 7) is 5.24. The Bertz CT molecular complexity index is 235. The van der Waals surface area contributed by atoms with Crippen molar-refractivity contribution >= 4 is 0 Å². The second kappa shape index (κ2) is 5.25. The predicted molar refractivity (Wildman–Crippen MR) is 68.9 cm³/mol. The second-order valence-electron chi connectivity index (χ2n) is 6.61. The van der Waals surface area contributed by atoms with E-state index in [4.69, 9.17) is 0 Å². The van der Waals surface area contributed by atoms with Gasteiger partial charge >= 0.3 is 0 Å². The molecule has 1 spiro atoms. The van der Waals surface area contributed by atoms with Crippen molar-refractivity contribution in [3.05, 3.63) is 0 Å². The van der Waals surface area contributed by atoms with Crippen LogP contribution in [0.1, 0.15) is 45.4 Å². The highest BCUT2D eigenvalue weighted by atomic mass is 16.3. The summed E-state index contributed by atoms with van der Waals surface area (Å²) in [6.07, 6.45) is 8.34. The lowest BCUT2D eigenvalue weighted by molar-refractivity contribution is 0.0129. The first-order valence-corrected chi connectivity index (χ1v) is 7.06. The van der Waals surface area contributed by atoms with Crippen molar-refractivity contribution in [3.8, 4) is 0 Å². The van der Waals surface area contributed by atoms with Gasteiger partial charge in [-0.3, -0.25) is 0 Å². The Labute approximate surface area is 105 Å². The number of rotatable bonds is 4. The maximum absolute atomic E-state index is 9.33. The van der Waals surface area contributed by atoms with Crippen molar-refractivity contribution in [2.45, 2.75) is 45.4 Å². The first-order chi connectivity index (χ1) is 8.11. The molecule has 1 aliphatic heterocycles. The third kappa shape index (κ3) is 3.01. The van der Waals surface area contributed by atoms with Crippen LogP contribution in [0.15, 0.2) is 0 Å². The number of nitrogens with zero attached hydrogens (tertiary/aromatic N) is 1. The van der Waals surface area contributed by atoms with Gasteiger partial charge < -0.3 is 15.1 Å². The number of hydrogen-bond acceptors (Lipinski definition) is 3. The summed E-state index contributed by atoms with van der Waals surface area (Å²) in [7, 11) is 0. The molecule has 1 aliphatic carbocycles. The topological polar surface area (TPSA) is 43.7 Å². The van der Waals surface area contributed by atoms with Gasteiger partial charge in [0.05, 0.1) is 13.2 Å². The summed E-state index contributed by atoms with van der Waals surface area (Å²) in [5, 5.41) is 18.7. The quantitative estimate of drug-likeness (QED) is 0.786. The molecule has 0 atom stereocenters. The van der Waals surface area contributed by atoms with Crippen LogP contribution in [0.2, 0.25) is 0 Å². The van der Waals surface area contributed by atoms with E-state index in [-0.39, 0.29) is 18.6 Å². The molecular formula is C14H27NO2. The molecule has 2 rings (SSSR count). The number of hydrogen-bond donors (Lipinski definition) is 2. The van der Waals surface area contributed by atoms with Crippen molar-refractivity contribution < 1.29 is 10.2 Å². The lowest BCUT2D eigenvalue weighted by atomic mass is 9.76. The Hall–Kier alpha value is -0.120. The summed E-state index contributed by atoms with van der Waals surface area (Å²) in [6, 6.07) is 0. The van der Waals surface area contributed by atoms with Crippen LogP contribution in [-0.2, 0) is 0 Å². The fourth-order valence-electron chi connectivity index (χ4n) is 3.50. The SMILES string of the molecule is CC(CO)(CO)CN1CCC2(CCCC2)CC1. The Kier molecular flexibility index (Phi) is 4.11. The number of aliphatic hydroxyl groups is 2. The van der Waals surface area contributed by atoms with Crippen LogP contribution in [0.25, 0.3) is 0 Å². The van der Waals surface area contributed by atoms with Gasteiger partial charge in [0.15, 0.2) is 0 Å². The Morgan fingerprint density at radius 2 is 1.53 bits per heavy atom. The molecule has 0 bridgehead atoms. The summed E-state index contributed by atoms with van der Waals surface area (Å²) in [5.41, 5.74) is 0.325. The van der Waals surface area contributed by atoms with Crippen LogP contribution >= 0.6 is 0 Å². The molecule has 0 radical (unpaired) electrons. The summed E-state index contributed by atoms with van der Waals surface area (Å²) in [4.78, 5) is 2.43. The monoisotopic (exact) mass is 241 g/mol. The lowest BCUT2D eigenvalue weighted by Crippen LogP contribution is -2.46. The van der Waals surface area contributed by atoms with E-state index in [0.29, 0.717) is 5.41 Å². The molecule has 17 heavy (non-hydrogen) atoms. The van der Waals surface area contributed by atoms with Gasteiger partial charge in [-0.2, -0.15) is 0 Å². The molecule has 3 heteroatoms. The zero-order valence-corrected chi connectivity index (χ0v) is 11.1. The molecule has 0 unspecified atom stereocenters. The normalized spacial score (nSPS) is 25.6. The third-order valence-electron chi connectivity index (χ3n) is 4.95. The molecule has 2 aliphatic rings. The van der Waals surface area contributed by atoms with E-state index in [0.717, 1.165) is 19.6 Å². The van der Waals surface area contributed by atoms with E-state index < -0.39 is 0 Å². The van der Waals surface area contributed by atoms with Crippen LogP contribution in [0.4, 0.5) is 0 Å². The van der Waals surface area contributed by atoms with Crippen molar-refractivity contribution in [2.75, 3.05) is 32.8 Å². The third-order valence-corrected chi connectivity index (χ3v) is 4.95. The highest BCUT2D eigenvalue weighted by Crippen LogP contribution is 2.46. The maximum atomic E-state index is 9.33. The van der Waals surface area contributed by atoms with Gasteiger partial charge in [0.2, 0.25) is 0 Å². The summed E-state index contributed by atoms with van der Waals surface area (Å²) >= 11 is 0. The highest BCUT2D eigenvalue weighted by Gasteiger charge is 2.38. The Morgan fingerprint density at radius 3 is 2.00 bits per heavy atom. The fourth-order valence-corrected chi connectivity index (χ4v) is 3.50. The minimum absolute atomic E-state index is 0.0745. The first kappa shape index (κ1) is 13.3. The summed E-state index contributed by atoms with van der Waals surface area (Å²) in [5.74, 6) is 0. The van der Waals surface area contributed by atoms with Crippen LogP contribution in [0, 0.1) is 10.8 Å². The zero-order chi connectivity index (χ0) is 12.4. The van der Waals surface area contributed by atoms with Gasteiger partial charge in [0.1, 0.15) is 0 Å². The fraction of sp³-hybridized carbons (Fsp3) is 1.00. The van der Waals surface area contributed by atoms with Gasteiger partial charge in [-0.15, -0.1) is 0 Å². The van der Waals surface area contributed by atoms with Gasteiger partial charge in [0.25, 0.3) is 0 Å². The van der Waals surface area contributed by atoms with Crippen molar-refractivity contribution in [3.63, 3.8) is 0 Å².